The van der Waals surface area contributed by atoms with E-state index in [0.29, 0.717) is 6.42 Å². The standard InChI is InChI=1S/C18H22N4O2/c19-17(23)13(11-22-18(24)16-7-3-4-8-20-16)9-12-10-21-15-6-2-1-5-14(12)15/h1-2,5-6,10-11,13,16,20-21H,3-4,7-9H2,(H2,19,23)/t13?,16-/m0/s1. The summed E-state index contributed by atoms with van der Waals surface area (Å²) in [4.78, 5) is 31.0. The molecule has 2 heterocycles. The number of nitrogens with one attached hydrogen (secondary N) is 2. The molecule has 1 unspecified atom stereocenters. The van der Waals surface area contributed by atoms with Gasteiger partial charge in [-0.05, 0) is 37.4 Å². The largest absolute Gasteiger partial charge is 0.369 e. The van der Waals surface area contributed by atoms with Gasteiger partial charge in [-0.3, -0.25) is 9.59 Å². The normalized spacial score (nSPS) is 19.6. The lowest BCUT2D eigenvalue weighted by Gasteiger charge is -2.20. The second-order valence-corrected chi connectivity index (χ2v) is 6.19. The summed E-state index contributed by atoms with van der Waals surface area (Å²) in [6, 6.07) is 7.63. The van der Waals surface area contributed by atoms with Gasteiger partial charge in [0.05, 0.1) is 12.0 Å². The van der Waals surface area contributed by atoms with Crippen molar-refractivity contribution < 1.29 is 9.59 Å². The zero-order valence-corrected chi connectivity index (χ0v) is 13.5. The number of hydrogen-bond donors (Lipinski definition) is 3. The maximum atomic E-state index is 12.1. The van der Waals surface area contributed by atoms with Crippen LogP contribution in [-0.4, -0.2) is 35.6 Å². The van der Waals surface area contributed by atoms with E-state index in [2.05, 4.69) is 15.3 Å². The van der Waals surface area contributed by atoms with Crippen LogP contribution in [0.4, 0.5) is 0 Å². The van der Waals surface area contributed by atoms with Gasteiger partial charge >= 0.3 is 0 Å². The molecule has 6 heteroatoms. The fourth-order valence-electron chi connectivity index (χ4n) is 3.08. The summed E-state index contributed by atoms with van der Waals surface area (Å²) >= 11 is 0. The van der Waals surface area contributed by atoms with Crippen molar-refractivity contribution >= 4 is 28.9 Å². The average Bonchev–Trinajstić information content (AvgIpc) is 3.02. The Morgan fingerprint density at radius 3 is 2.92 bits per heavy atom. The molecular weight excluding hydrogens is 304 g/mol. The number of nitrogens with zero attached hydrogens (tertiary/aromatic N) is 1. The predicted octanol–water partition coefficient (Wildman–Crippen LogP) is 1.55. The highest BCUT2D eigenvalue weighted by atomic mass is 16.2. The summed E-state index contributed by atoms with van der Waals surface area (Å²) in [6.07, 6.45) is 6.60. The van der Waals surface area contributed by atoms with Crippen molar-refractivity contribution in [2.45, 2.75) is 31.7 Å². The van der Waals surface area contributed by atoms with E-state index in [1.54, 1.807) is 0 Å². The highest BCUT2D eigenvalue weighted by Gasteiger charge is 2.21. The number of aliphatic imine (C=N–C) groups is 1. The van der Waals surface area contributed by atoms with Crippen molar-refractivity contribution in [1.82, 2.24) is 10.3 Å². The van der Waals surface area contributed by atoms with E-state index in [1.165, 1.54) is 6.21 Å². The molecular formula is C18H22N4O2. The van der Waals surface area contributed by atoms with Crippen molar-refractivity contribution in [2.24, 2.45) is 16.6 Å². The number of aromatic nitrogens is 1. The molecule has 3 rings (SSSR count). The fourth-order valence-corrected chi connectivity index (χ4v) is 3.08. The number of primary amides is 1. The molecule has 1 aromatic heterocycles. The monoisotopic (exact) mass is 326 g/mol. The number of carbonyl (C=O) groups excluding carboxylic acids is 2. The molecule has 2 amide bonds. The zero-order chi connectivity index (χ0) is 16.9. The van der Waals surface area contributed by atoms with E-state index >= 15 is 0 Å². The molecule has 1 fully saturated rings. The van der Waals surface area contributed by atoms with E-state index in [1.807, 2.05) is 30.5 Å². The van der Waals surface area contributed by atoms with Gasteiger partial charge in [0.15, 0.2) is 0 Å². The van der Waals surface area contributed by atoms with Crippen LogP contribution < -0.4 is 11.1 Å². The first-order valence-electron chi connectivity index (χ1n) is 8.31. The molecule has 1 saturated heterocycles. The molecule has 2 aromatic rings. The van der Waals surface area contributed by atoms with Gasteiger partial charge in [-0.1, -0.05) is 24.6 Å². The molecule has 24 heavy (non-hydrogen) atoms. The lowest BCUT2D eigenvalue weighted by molar-refractivity contribution is -0.120. The van der Waals surface area contributed by atoms with Crippen LogP contribution in [0.1, 0.15) is 24.8 Å². The Morgan fingerprint density at radius 2 is 2.17 bits per heavy atom. The molecule has 6 nitrogen and oxygen atoms in total. The quantitative estimate of drug-likeness (QED) is 0.727. The minimum atomic E-state index is -0.600. The van der Waals surface area contributed by atoms with Crippen molar-refractivity contribution in [3.63, 3.8) is 0 Å². The van der Waals surface area contributed by atoms with Crippen LogP contribution in [0.2, 0.25) is 0 Å². The number of rotatable bonds is 5. The summed E-state index contributed by atoms with van der Waals surface area (Å²) in [5.74, 6) is -1.30. The van der Waals surface area contributed by atoms with Crippen LogP contribution in [0.5, 0.6) is 0 Å². The van der Waals surface area contributed by atoms with Gasteiger partial charge in [-0.2, -0.15) is 0 Å². The zero-order valence-electron chi connectivity index (χ0n) is 13.5. The number of fused-ring (bicyclic) bond motifs is 1. The average molecular weight is 326 g/mol. The Hall–Kier alpha value is -2.47. The van der Waals surface area contributed by atoms with Crippen molar-refractivity contribution in [3.05, 3.63) is 36.0 Å². The van der Waals surface area contributed by atoms with Gasteiger partial charge in [-0.15, -0.1) is 0 Å². The molecule has 4 N–H and O–H groups in total. The lowest BCUT2D eigenvalue weighted by atomic mass is 9.99. The predicted molar refractivity (Wildman–Crippen MR) is 93.8 cm³/mol. The molecule has 1 aliphatic heterocycles. The molecule has 1 aliphatic rings. The summed E-state index contributed by atoms with van der Waals surface area (Å²) in [5.41, 5.74) is 7.49. The topological polar surface area (TPSA) is 100 Å². The van der Waals surface area contributed by atoms with Gasteiger partial charge < -0.3 is 16.0 Å². The second-order valence-electron chi connectivity index (χ2n) is 6.19. The van der Waals surface area contributed by atoms with Crippen LogP contribution in [0, 0.1) is 5.92 Å². The molecule has 0 radical (unpaired) electrons. The number of H-pyrrole nitrogens is 1. The van der Waals surface area contributed by atoms with E-state index < -0.39 is 11.8 Å². The minimum Gasteiger partial charge on any atom is -0.369 e. The highest BCUT2D eigenvalue weighted by Crippen LogP contribution is 2.20. The van der Waals surface area contributed by atoms with Gasteiger partial charge in [0.25, 0.3) is 5.91 Å². The van der Waals surface area contributed by atoms with Gasteiger partial charge in [-0.25, -0.2) is 4.99 Å². The summed E-state index contributed by atoms with van der Waals surface area (Å²) < 4.78 is 0. The van der Waals surface area contributed by atoms with Crippen molar-refractivity contribution in [1.29, 1.82) is 0 Å². The number of piperidine rings is 1. The molecule has 1 aromatic carbocycles. The van der Waals surface area contributed by atoms with Crippen LogP contribution in [-0.2, 0) is 16.0 Å². The van der Waals surface area contributed by atoms with Crippen LogP contribution >= 0.6 is 0 Å². The number of amides is 2. The summed E-state index contributed by atoms with van der Waals surface area (Å²) in [7, 11) is 0. The molecule has 0 spiro atoms. The van der Waals surface area contributed by atoms with Crippen LogP contribution in [0.25, 0.3) is 10.9 Å². The third-order valence-corrected chi connectivity index (χ3v) is 4.47. The second kappa shape index (κ2) is 7.40. The highest BCUT2D eigenvalue weighted by molar-refractivity contribution is 5.98. The van der Waals surface area contributed by atoms with Crippen LogP contribution in [0.3, 0.4) is 0 Å². The first kappa shape index (κ1) is 16.4. The van der Waals surface area contributed by atoms with Crippen LogP contribution in [0.15, 0.2) is 35.5 Å². The van der Waals surface area contributed by atoms with E-state index in [4.69, 9.17) is 5.73 Å². The Morgan fingerprint density at radius 1 is 1.33 bits per heavy atom. The maximum absolute atomic E-state index is 12.1. The smallest absolute Gasteiger partial charge is 0.262 e. The Bertz CT molecular complexity index is 759. The molecule has 0 aliphatic carbocycles. The Kier molecular flexibility index (Phi) is 5.05. The Labute approximate surface area is 140 Å². The van der Waals surface area contributed by atoms with E-state index in [-0.39, 0.29) is 11.9 Å². The number of para-hydroxylation sites is 1. The van der Waals surface area contributed by atoms with Gasteiger partial charge in [0.2, 0.25) is 5.91 Å². The van der Waals surface area contributed by atoms with Crippen molar-refractivity contribution in [3.8, 4) is 0 Å². The molecule has 0 bridgehead atoms. The summed E-state index contributed by atoms with van der Waals surface area (Å²) in [6.45, 7) is 0.834. The fraction of sp³-hybridized carbons (Fsp3) is 0.389. The first-order valence-corrected chi connectivity index (χ1v) is 8.31. The van der Waals surface area contributed by atoms with Crippen molar-refractivity contribution in [2.75, 3.05) is 6.54 Å². The summed E-state index contributed by atoms with van der Waals surface area (Å²) in [5, 5.41) is 4.21. The number of nitrogens with two attached hydrogens (primary N) is 1. The Balaban J connectivity index is 1.71. The first-order chi connectivity index (χ1) is 11.6. The molecule has 2 atom stereocenters. The lowest BCUT2D eigenvalue weighted by Crippen LogP contribution is -2.40. The van der Waals surface area contributed by atoms with E-state index in [9.17, 15) is 9.59 Å². The molecule has 126 valence electrons. The maximum Gasteiger partial charge on any atom is 0.262 e. The minimum absolute atomic E-state index is 0.222. The van der Waals surface area contributed by atoms with Gasteiger partial charge in [0.1, 0.15) is 0 Å². The third-order valence-electron chi connectivity index (χ3n) is 4.47. The number of benzene rings is 1. The number of carbonyl (C=O) groups is 2. The third kappa shape index (κ3) is 3.71. The SMILES string of the molecule is NC(=O)C(C=NC(=O)[C@@H]1CCCCN1)Cc1c[nH]c2ccccc12. The van der Waals surface area contributed by atoms with Gasteiger partial charge in [0, 0.05) is 23.3 Å². The molecule has 0 saturated carbocycles. The number of aromatic amines is 1. The number of hydrogen-bond acceptors (Lipinski definition) is 3. The van der Waals surface area contributed by atoms with E-state index in [0.717, 1.165) is 42.3 Å².